The molecule has 0 spiro atoms. The predicted molar refractivity (Wildman–Crippen MR) is 96.0 cm³/mol. The fraction of sp³-hybridized carbons (Fsp3) is 0.579. The third-order valence-electron chi connectivity index (χ3n) is 5.95. The van der Waals surface area contributed by atoms with E-state index in [9.17, 15) is 18.4 Å². The Balaban J connectivity index is 1.71. The zero-order chi connectivity index (χ0) is 20.0. The fourth-order valence-electron chi connectivity index (χ4n) is 3.89. The second-order valence-electron chi connectivity index (χ2n) is 7.72. The Labute approximate surface area is 157 Å². The van der Waals surface area contributed by atoms with Gasteiger partial charge in [0.05, 0.1) is 6.10 Å². The van der Waals surface area contributed by atoms with E-state index in [2.05, 4.69) is 5.32 Å². The molecule has 3 atom stereocenters. The number of benzene rings is 1. The van der Waals surface area contributed by atoms with Crippen LogP contribution in [0.4, 0.5) is 14.5 Å². The second-order valence-corrected chi connectivity index (χ2v) is 7.72. The number of nitrogens with two attached hydrogens (primary N) is 1. The van der Waals surface area contributed by atoms with Crippen molar-refractivity contribution >= 4 is 17.5 Å². The molecule has 6 nitrogen and oxygen atoms in total. The molecule has 148 valence electrons. The van der Waals surface area contributed by atoms with Crippen LogP contribution in [-0.4, -0.2) is 42.7 Å². The van der Waals surface area contributed by atoms with Crippen LogP contribution in [0, 0.1) is 17.0 Å². The van der Waals surface area contributed by atoms with Gasteiger partial charge in [-0.05, 0) is 25.5 Å². The normalized spacial score (nSPS) is 29.6. The first-order chi connectivity index (χ1) is 12.6. The van der Waals surface area contributed by atoms with Crippen LogP contribution in [0.5, 0.6) is 0 Å². The van der Waals surface area contributed by atoms with E-state index in [4.69, 9.17) is 10.5 Å². The van der Waals surface area contributed by atoms with Crippen LogP contribution >= 0.6 is 0 Å². The molecular weight excluding hydrogens is 356 g/mol. The number of amides is 2. The molecule has 2 amide bonds. The lowest BCUT2D eigenvalue weighted by atomic mass is 9.54. The predicted octanol–water partition coefficient (Wildman–Crippen LogP) is 1.72. The number of halogens is 2. The number of carbonyl (C=O) groups is 2. The largest absolute Gasteiger partial charge is 0.378 e. The van der Waals surface area contributed by atoms with Crippen molar-refractivity contribution in [1.29, 1.82) is 0 Å². The first-order valence-electron chi connectivity index (χ1n) is 9.10. The summed E-state index contributed by atoms with van der Waals surface area (Å²) in [6, 6.07) is 2.56. The molecule has 3 rings (SSSR count). The molecule has 0 radical (unpaired) electrons. The summed E-state index contributed by atoms with van der Waals surface area (Å²) >= 11 is 0. The summed E-state index contributed by atoms with van der Waals surface area (Å²) in [4.78, 5) is 26.4. The lowest BCUT2D eigenvalue weighted by molar-refractivity contribution is -0.171. The van der Waals surface area contributed by atoms with E-state index in [-0.39, 0.29) is 24.8 Å². The van der Waals surface area contributed by atoms with Crippen molar-refractivity contribution in [3.05, 3.63) is 29.8 Å². The van der Waals surface area contributed by atoms with Gasteiger partial charge in [0.2, 0.25) is 11.8 Å². The third-order valence-corrected chi connectivity index (χ3v) is 5.95. The summed E-state index contributed by atoms with van der Waals surface area (Å²) in [5.74, 6) is -2.62. The number of nitrogens with one attached hydrogen (secondary N) is 1. The van der Waals surface area contributed by atoms with E-state index in [1.54, 1.807) is 0 Å². The minimum Gasteiger partial charge on any atom is -0.378 e. The number of anilines is 1. The van der Waals surface area contributed by atoms with Gasteiger partial charge in [-0.2, -0.15) is 0 Å². The summed E-state index contributed by atoms with van der Waals surface area (Å²) in [7, 11) is 0. The molecule has 27 heavy (non-hydrogen) atoms. The van der Waals surface area contributed by atoms with Crippen molar-refractivity contribution in [1.82, 2.24) is 5.32 Å². The number of hydrogen-bond donors (Lipinski definition) is 2. The smallest absolute Gasteiger partial charge is 0.249 e. The lowest BCUT2D eigenvalue weighted by Crippen LogP contribution is -2.76. The quantitative estimate of drug-likeness (QED) is 0.813. The summed E-state index contributed by atoms with van der Waals surface area (Å²) in [5.41, 5.74) is 4.18. The minimum absolute atomic E-state index is 0.115. The van der Waals surface area contributed by atoms with E-state index in [0.29, 0.717) is 13.0 Å². The molecule has 1 heterocycles. The average molecular weight is 381 g/mol. The maximum atomic E-state index is 14.0. The molecule has 3 N–H and O–H groups in total. The number of ether oxygens (including phenoxy) is 1. The average Bonchev–Trinajstić information content (AvgIpc) is 2.95. The highest BCUT2D eigenvalue weighted by molar-refractivity contribution is 6.02. The molecule has 1 aliphatic heterocycles. The highest BCUT2D eigenvalue weighted by atomic mass is 19.1. The molecule has 1 aromatic rings. The van der Waals surface area contributed by atoms with E-state index in [0.717, 1.165) is 17.0 Å². The first-order valence-corrected chi connectivity index (χ1v) is 9.10. The van der Waals surface area contributed by atoms with E-state index < -0.39 is 40.4 Å². The van der Waals surface area contributed by atoms with Crippen molar-refractivity contribution in [3.63, 3.8) is 0 Å². The second kappa shape index (κ2) is 6.83. The van der Waals surface area contributed by atoms with Gasteiger partial charge in [0.1, 0.15) is 28.9 Å². The zero-order valence-corrected chi connectivity index (χ0v) is 15.7. The maximum Gasteiger partial charge on any atom is 0.249 e. The maximum absolute atomic E-state index is 14.0. The van der Waals surface area contributed by atoms with Crippen molar-refractivity contribution < 1.29 is 23.1 Å². The van der Waals surface area contributed by atoms with Gasteiger partial charge in [-0.15, -0.1) is 0 Å². The SMILES string of the molecule is CCOC1CC(N)(C(=O)NC2CCN(c3c(F)cccc3F)C2=O)C1(C)C. The Morgan fingerprint density at radius 3 is 2.56 bits per heavy atom. The Morgan fingerprint density at radius 1 is 1.37 bits per heavy atom. The molecule has 1 saturated heterocycles. The van der Waals surface area contributed by atoms with Crippen LogP contribution in [0.2, 0.25) is 0 Å². The number of rotatable bonds is 5. The summed E-state index contributed by atoms with van der Waals surface area (Å²) in [6.45, 7) is 6.22. The van der Waals surface area contributed by atoms with Crippen molar-refractivity contribution in [2.75, 3.05) is 18.1 Å². The van der Waals surface area contributed by atoms with Crippen molar-refractivity contribution in [2.45, 2.75) is 51.3 Å². The molecule has 0 bridgehead atoms. The monoisotopic (exact) mass is 381 g/mol. The fourth-order valence-corrected chi connectivity index (χ4v) is 3.89. The van der Waals surface area contributed by atoms with Gasteiger partial charge in [0.25, 0.3) is 0 Å². The summed E-state index contributed by atoms with van der Waals surface area (Å²) in [5, 5.41) is 2.67. The van der Waals surface area contributed by atoms with Gasteiger partial charge >= 0.3 is 0 Å². The molecule has 1 saturated carbocycles. The molecule has 1 aliphatic carbocycles. The molecule has 3 unspecified atom stereocenters. The van der Waals surface area contributed by atoms with Crippen LogP contribution in [0.1, 0.15) is 33.6 Å². The Morgan fingerprint density at radius 2 is 2.00 bits per heavy atom. The van der Waals surface area contributed by atoms with Crippen LogP contribution in [0.25, 0.3) is 0 Å². The molecule has 8 heteroatoms. The van der Waals surface area contributed by atoms with Crippen LogP contribution in [0.15, 0.2) is 18.2 Å². The Hall–Kier alpha value is -2.06. The van der Waals surface area contributed by atoms with E-state index in [1.165, 1.54) is 6.07 Å². The van der Waals surface area contributed by atoms with Gasteiger partial charge in [-0.25, -0.2) is 8.78 Å². The summed E-state index contributed by atoms with van der Waals surface area (Å²) in [6.07, 6.45) is 0.470. The minimum atomic E-state index is -1.16. The third kappa shape index (κ3) is 3.00. The van der Waals surface area contributed by atoms with E-state index in [1.807, 2.05) is 20.8 Å². The molecule has 1 aromatic carbocycles. The van der Waals surface area contributed by atoms with Gasteiger partial charge in [-0.1, -0.05) is 19.9 Å². The lowest BCUT2D eigenvalue weighted by Gasteiger charge is -2.57. The van der Waals surface area contributed by atoms with Crippen LogP contribution in [-0.2, 0) is 14.3 Å². The zero-order valence-electron chi connectivity index (χ0n) is 15.7. The van der Waals surface area contributed by atoms with Crippen LogP contribution in [0.3, 0.4) is 0 Å². The standard InChI is InChI=1S/C19H25F2N3O3/c1-4-27-14-10-19(22,18(14,2)3)17(26)23-13-8-9-24(16(13)25)15-11(20)6-5-7-12(15)21/h5-7,13-14H,4,8-10,22H2,1-3H3,(H,23,26). The number of hydrogen-bond acceptors (Lipinski definition) is 4. The highest BCUT2D eigenvalue weighted by Crippen LogP contribution is 2.50. The van der Waals surface area contributed by atoms with Crippen molar-refractivity contribution in [3.8, 4) is 0 Å². The van der Waals surface area contributed by atoms with Gasteiger partial charge in [-0.3, -0.25) is 9.59 Å². The molecule has 2 fully saturated rings. The topological polar surface area (TPSA) is 84.7 Å². The van der Waals surface area contributed by atoms with Crippen molar-refractivity contribution in [2.24, 2.45) is 11.1 Å². The van der Waals surface area contributed by atoms with Gasteiger partial charge in [0.15, 0.2) is 0 Å². The highest BCUT2D eigenvalue weighted by Gasteiger charge is 2.63. The first kappa shape index (κ1) is 19.7. The Kier molecular flexibility index (Phi) is 4.98. The molecule has 0 aromatic heterocycles. The van der Waals surface area contributed by atoms with Crippen LogP contribution < -0.4 is 16.0 Å². The number of nitrogens with zero attached hydrogens (tertiary/aromatic N) is 1. The van der Waals surface area contributed by atoms with E-state index >= 15 is 0 Å². The molecular formula is C19H25F2N3O3. The summed E-state index contributed by atoms with van der Waals surface area (Å²) < 4.78 is 33.6. The van der Waals surface area contributed by atoms with Gasteiger partial charge in [0, 0.05) is 25.0 Å². The van der Waals surface area contributed by atoms with Gasteiger partial charge < -0.3 is 20.7 Å². The molecule has 2 aliphatic rings. The number of para-hydroxylation sites is 1. The Bertz CT molecular complexity index is 750. The number of carbonyl (C=O) groups excluding carboxylic acids is 2.